The van der Waals surface area contributed by atoms with E-state index in [0.29, 0.717) is 6.29 Å². The molecule has 0 aliphatic carbocycles. The Morgan fingerprint density at radius 3 is 1.89 bits per heavy atom. The maximum atomic E-state index is 9.81. The molecule has 54 valence electrons. The van der Waals surface area contributed by atoms with E-state index < -0.39 is 0 Å². The Morgan fingerprint density at radius 2 is 1.89 bits per heavy atom. The average Bonchev–Trinajstić information content (AvgIpc) is 1.67. The second-order valence-corrected chi connectivity index (χ2v) is 1.48. The lowest BCUT2D eigenvalue weighted by Gasteiger charge is -1.71. The molecular weight excluding hydrogens is 120 g/mol. The fraction of sp³-hybridized carbons (Fsp3) is 0.667. The summed E-state index contributed by atoms with van der Waals surface area (Å²) in [5.41, 5.74) is 0. The molecule has 0 heterocycles. The first kappa shape index (κ1) is 11.1. The van der Waals surface area contributed by atoms with Crippen LogP contribution in [-0.4, -0.2) is 26.3 Å². The second-order valence-electron chi connectivity index (χ2n) is 1.48. The SMILES string of the molecule is CC(=O)CC=O.COC. The number of rotatable bonds is 2. The van der Waals surface area contributed by atoms with Crippen molar-refractivity contribution in [1.29, 1.82) is 0 Å². The zero-order valence-corrected chi connectivity index (χ0v) is 6.01. The molecule has 0 aromatic heterocycles. The van der Waals surface area contributed by atoms with Crippen LogP contribution < -0.4 is 0 Å². The molecule has 0 saturated carbocycles. The van der Waals surface area contributed by atoms with Crippen molar-refractivity contribution in [3.8, 4) is 0 Å². The van der Waals surface area contributed by atoms with Gasteiger partial charge in [-0.2, -0.15) is 0 Å². The van der Waals surface area contributed by atoms with Crippen LogP contribution in [0.3, 0.4) is 0 Å². The predicted octanol–water partition coefficient (Wildman–Crippen LogP) is 0.427. The summed E-state index contributed by atoms with van der Waals surface area (Å²) in [6.45, 7) is 1.38. The van der Waals surface area contributed by atoms with Crippen LogP contribution in [0.5, 0.6) is 0 Å². The Hall–Kier alpha value is -0.700. The lowest BCUT2D eigenvalue weighted by atomic mass is 10.3. The van der Waals surface area contributed by atoms with E-state index in [0.717, 1.165) is 0 Å². The van der Waals surface area contributed by atoms with Gasteiger partial charge in [0.05, 0.1) is 6.42 Å². The average molecular weight is 132 g/mol. The summed E-state index contributed by atoms with van der Waals surface area (Å²) < 4.78 is 4.25. The molecule has 0 bridgehead atoms. The molecule has 0 saturated heterocycles. The number of methoxy groups -OCH3 is 1. The van der Waals surface area contributed by atoms with Crippen molar-refractivity contribution in [2.75, 3.05) is 14.2 Å². The molecule has 0 radical (unpaired) electrons. The molecular formula is C6H12O3. The zero-order chi connectivity index (χ0) is 7.70. The van der Waals surface area contributed by atoms with Gasteiger partial charge in [-0.15, -0.1) is 0 Å². The minimum Gasteiger partial charge on any atom is -0.388 e. The maximum absolute atomic E-state index is 9.81. The third-order valence-corrected chi connectivity index (χ3v) is 0.371. The summed E-state index contributed by atoms with van der Waals surface area (Å²) in [5, 5.41) is 0. The van der Waals surface area contributed by atoms with Gasteiger partial charge in [-0.3, -0.25) is 4.79 Å². The summed E-state index contributed by atoms with van der Waals surface area (Å²) in [4.78, 5) is 19.2. The van der Waals surface area contributed by atoms with E-state index in [4.69, 9.17) is 0 Å². The molecule has 0 amide bonds. The highest BCUT2D eigenvalue weighted by molar-refractivity contribution is 5.87. The highest BCUT2D eigenvalue weighted by atomic mass is 16.4. The molecule has 0 unspecified atom stereocenters. The highest BCUT2D eigenvalue weighted by Crippen LogP contribution is 1.69. The van der Waals surface area contributed by atoms with Gasteiger partial charge in [0.2, 0.25) is 0 Å². The largest absolute Gasteiger partial charge is 0.388 e. The summed E-state index contributed by atoms with van der Waals surface area (Å²) in [5.74, 6) is -0.0787. The normalized spacial score (nSPS) is 7.00. The number of ether oxygens (including phenoxy) is 1. The molecule has 0 aliphatic heterocycles. The number of hydrogen-bond acceptors (Lipinski definition) is 3. The first-order chi connectivity index (χ1) is 4.18. The molecule has 3 heteroatoms. The first-order valence-electron chi connectivity index (χ1n) is 2.52. The van der Waals surface area contributed by atoms with Crippen LogP contribution in [0.25, 0.3) is 0 Å². The van der Waals surface area contributed by atoms with Crippen molar-refractivity contribution in [3.05, 3.63) is 0 Å². The van der Waals surface area contributed by atoms with Crippen molar-refractivity contribution in [2.45, 2.75) is 13.3 Å². The molecule has 0 rings (SSSR count). The summed E-state index contributed by atoms with van der Waals surface area (Å²) >= 11 is 0. The maximum Gasteiger partial charge on any atom is 0.136 e. The van der Waals surface area contributed by atoms with Gasteiger partial charge < -0.3 is 9.53 Å². The van der Waals surface area contributed by atoms with Crippen LogP contribution in [0.15, 0.2) is 0 Å². The number of carbonyl (C=O) groups excluding carboxylic acids is 2. The molecule has 0 fully saturated rings. The Kier molecular flexibility index (Phi) is 12.8. The molecule has 0 aromatic carbocycles. The van der Waals surface area contributed by atoms with Gasteiger partial charge in [-0.05, 0) is 6.92 Å². The summed E-state index contributed by atoms with van der Waals surface area (Å²) in [7, 11) is 3.25. The smallest absolute Gasteiger partial charge is 0.136 e. The van der Waals surface area contributed by atoms with Gasteiger partial charge >= 0.3 is 0 Å². The number of hydrogen-bond donors (Lipinski definition) is 0. The van der Waals surface area contributed by atoms with Crippen LogP contribution >= 0.6 is 0 Å². The topological polar surface area (TPSA) is 43.4 Å². The Bertz CT molecular complexity index is 78.4. The minimum atomic E-state index is -0.0787. The quantitative estimate of drug-likeness (QED) is 0.404. The standard InChI is InChI=1S/C4H6O2.C2H6O/c1-4(6)2-3-5;1-3-2/h3H,2H2,1H3;1-2H3. The number of Topliss-reactive ketones (excluding diaryl/α,β-unsaturated/α-hetero) is 1. The van der Waals surface area contributed by atoms with Gasteiger partial charge in [0, 0.05) is 14.2 Å². The van der Waals surface area contributed by atoms with E-state index in [1.807, 2.05) is 0 Å². The van der Waals surface area contributed by atoms with Crippen molar-refractivity contribution in [3.63, 3.8) is 0 Å². The van der Waals surface area contributed by atoms with Crippen molar-refractivity contribution in [1.82, 2.24) is 0 Å². The monoisotopic (exact) mass is 132 g/mol. The lowest BCUT2D eigenvalue weighted by Crippen LogP contribution is -1.87. The molecule has 0 aromatic rings. The zero-order valence-electron chi connectivity index (χ0n) is 6.01. The van der Waals surface area contributed by atoms with Crippen LogP contribution in [0.2, 0.25) is 0 Å². The molecule has 0 N–H and O–H groups in total. The van der Waals surface area contributed by atoms with Gasteiger partial charge in [-0.25, -0.2) is 0 Å². The van der Waals surface area contributed by atoms with Crippen LogP contribution in [0.1, 0.15) is 13.3 Å². The first-order valence-corrected chi connectivity index (χ1v) is 2.52. The van der Waals surface area contributed by atoms with Gasteiger partial charge in [0.25, 0.3) is 0 Å². The van der Waals surface area contributed by atoms with Gasteiger partial charge in [0.1, 0.15) is 12.1 Å². The second kappa shape index (κ2) is 10.3. The minimum absolute atomic E-state index is 0.0556. The lowest BCUT2D eigenvalue weighted by molar-refractivity contribution is -0.120. The predicted molar refractivity (Wildman–Crippen MR) is 34.3 cm³/mol. The van der Waals surface area contributed by atoms with E-state index in [-0.39, 0.29) is 12.2 Å². The van der Waals surface area contributed by atoms with Gasteiger partial charge in [0.15, 0.2) is 0 Å². The Labute approximate surface area is 55.0 Å². The third-order valence-electron chi connectivity index (χ3n) is 0.371. The number of ketones is 1. The molecule has 0 aliphatic rings. The van der Waals surface area contributed by atoms with E-state index in [1.54, 1.807) is 14.2 Å². The van der Waals surface area contributed by atoms with Crippen LogP contribution in [0.4, 0.5) is 0 Å². The van der Waals surface area contributed by atoms with E-state index in [2.05, 4.69) is 4.74 Å². The fourth-order valence-electron chi connectivity index (χ4n) is 0.117. The van der Waals surface area contributed by atoms with Crippen molar-refractivity contribution in [2.24, 2.45) is 0 Å². The molecule has 9 heavy (non-hydrogen) atoms. The van der Waals surface area contributed by atoms with E-state index >= 15 is 0 Å². The van der Waals surface area contributed by atoms with Crippen LogP contribution in [-0.2, 0) is 14.3 Å². The Balaban J connectivity index is 0. The fourth-order valence-corrected chi connectivity index (χ4v) is 0.117. The molecule has 0 spiro atoms. The van der Waals surface area contributed by atoms with Crippen molar-refractivity contribution >= 4 is 12.1 Å². The molecule has 3 nitrogen and oxygen atoms in total. The van der Waals surface area contributed by atoms with Crippen molar-refractivity contribution < 1.29 is 14.3 Å². The van der Waals surface area contributed by atoms with E-state index in [9.17, 15) is 9.59 Å². The summed E-state index contributed by atoms with van der Waals surface area (Å²) in [6, 6.07) is 0. The number of carbonyl (C=O) groups is 2. The number of aldehydes is 1. The van der Waals surface area contributed by atoms with Crippen LogP contribution in [0, 0.1) is 0 Å². The summed E-state index contributed by atoms with van der Waals surface area (Å²) in [6.07, 6.45) is 0.655. The third kappa shape index (κ3) is 38.8. The Morgan fingerprint density at radius 1 is 1.56 bits per heavy atom. The van der Waals surface area contributed by atoms with E-state index in [1.165, 1.54) is 6.92 Å². The highest BCUT2D eigenvalue weighted by Gasteiger charge is 1.83. The molecule has 0 atom stereocenters. The van der Waals surface area contributed by atoms with Gasteiger partial charge in [-0.1, -0.05) is 0 Å².